The highest BCUT2D eigenvalue weighted by atomic mass is 16.3. The van der Waals surface area contributed by atoms with Crippen molar-refractivity contribution < 1.29 is 9.90 Å². The molecule has 0 aliphatic carbocycles. The molecule has 0 aliphatic rings. The van der Waals surface area contributed by atoms with Crippen LogP contribution < -0.4 is 5.32 Å². The molecule has 2 rings (SSSR count). The van der Waals surface area contributed by atoms with Gasteiger partial charge in [0.05, 0.1) is 11.3 Å². The minimum absolute atomic E-state index is 0.0522. The van der Waals surface area contributed by atoms with Gasteiger partial charge in [0.15, 0.2) is 0 Å². The molecule has 2 N–H and O–H groups in total. The summed E-state index contributed by atoms with van der Waals surface area (Å²) in [6, 6.07) is 8.75. The fourth-order valence-corrected chi connectivity index (χ4v) is 1.90. The first kappa shape index (κ1) is 15.0. The third-order valence-electron chi connectivity index (χ3n) is 3.28. The second-order valence-electron chi connectivity index (χ2n) is 6.12. The lowest BCUT2D eigenvalue weighted by Crippen LogP contribution is -2.15. The van der Waals surface area contributed by atoms with Gasteiger partial charge in [-0.3, -0.25) is 9.78 Å². The number of carbonyl (C=O) groups is 1. The Morgan fingerprint density at radius 3 is 2.48 bits per heavy atom. The van der Waals surface area contributed by atoms with Crippen molar-refractivity contribution in [3.63, 3.8) is 0 Å². The van der Waals surface area contributed by atoms with Gasteiger partial charge in [0.1, 0.15) is 5.75 Å². The molecule has 0 bridgehead atoms. The van der Waals surface area contributed by atoms with Crippen molar-refractivity contribution >= 4 is 11.6 Å². The van der Waals surface area contributed by atoms with E-state index < -0.39 is 0 Å². The van der Waals surface area contributed by atoms with Gasteiger partial charge in [0.25, 0.3) is 5.91 Å². The van der Waals surface area contributed by atoms with Crippen LogP contribution in [0, 0.1) is 6.92 Å². The minimum atomic E-state index is -0.288. The number of nitrogens with one attached hydrogen (secondary N) is 1. The van der Waals surface area contributed by atoms with E-state index in [1.165, 1.54) is 6.20 Å². The van der Waals surface area contributed by atoms with E-state index >= 15 is 0 Å². The Hall–Kier alpha value is -2.36. The number of hydrogen-bond acceptors (Lipinski definition) is 3. The number of benzene rings is 1. The molecule has 0 atom stereocenters. The summed E-state index contributed by atoms with van der Waals surface area (Å²) in [5.74, 6) is -0.236. The van der Waals surface area contributed by atoms with Gasteiger partial charge >= 0.3 is 0 Å². The van der Waals surface area contributed by atoms with Crippen molar-refractivity contribution in [1.29, 1.82) is 0 Å². The molecule has 4 nitrogen and oxygen atoms in total. The molecular weight excluding hydrogens is 264 g/mol. The van der Waals surface area contributed by atoms with Crippen molar-refractivity contribution in [2.75, 3.05) is 5.32 Å². The van der Waals surface area contributed by atoms with E-state index in [2.05, 4.69) is 31.1 Å². The van der Waals surface area contributed by atoms with E-state index in [1.54, 1.807) is 24.3 Å². The zero-order valence-electron chi connectivity index (χ0n) is 12.8. The number of hydrogen-bond donors (Lipinski definition) is 2. The number of rotatable bonds is 2. The number of aromatic hydroxyl groups is 1. The number of anilines is 1. The number of carbonyl (C=O) groups excluding carboxylic acids is 1. The van der Waals surface area contributed by atoms with Crippen LogP contribution >= 0.6 is 0 Å². The Labute approximate surface area is 124 Å². The summed E-state index contributed by atoms with van der Waals surface area (Å²) in [4.78, 5) is 16.3. The molecule has 110 valence electrons. The predicted octanol–water partition coefficient (Wildman–Crippen LogP) is 3.65. The van der Waals surface area contributed by atoms with E-state index in [0.29, 0.717) is 11.3 Å². The fraction of sp³-hybridized carbons (Fsp3) is 0.294. The van der Waals surface area contributed by atoms with Gasteiger partial charge in [-0.15, -0.1) is 0 Å². The normalized spacial score (nSPS) is 11.2. The third-order valence-corrected chi connectivity index (χ3v) is 3.28. The molecule has 0 unspecified atom stereocenters. The zero-order chi connectivity index (χ0) is 15.6. The molecule has 1 aromatic carbocycles. The Morgan fingerprint density at radius 2 is 1.90 bits per heavy atom. The van der Waals surface area contributed by atoms with Gasteiger partial charge < -0.3 is 10.4 Å². The molecule has 1 aromatic heterocycles. The van der Waals surface area contributed by atoms with Gasteiger partial charge in [-0.1, -0.05) is 26.8 Å². The molecule has 0 saturated carbocycles. The highest BCUT2D eigenvalue weighted by molar-refractivity contribution is 6.04. The standard InChI is InChI=1S/C17H20N2O2/c1-11-5-6-12(10-18-11)16(21)19-14-9-13(17(2,3)4)7-8-15(14)20/h5-10,20H,1-4H3,(H,19,21). The minimum Gasteiger partial charge on any atom is -0.506 e. The van der Waals surface area contributed by atoms with Gasteiger partial charge in [-0.25, -0.2) is 0 Å². The van der Waals surface area contributed by atoms with E-state index in [1.807, 2.05) is 13.0 Å². The number of aromatic nitrogens is 1. The predicted molar refractivity (Wildman–Crippen MR) is 83.7 cm³/mol. The fourth-order valence-electron chi connectivity index (χ4n) is 1.90. The van der Waals surface area contributed by atoms with Crippen molar-refractivity contribution in [1.82, 2.24) is 4.98 Å². The quantitative estimate of drug-likeness (QED) is 0.827. The number of phenols is 1. The van der Waals surface area contributed by atoms with Gasteiger partial charge in [0, 0.05) is 11.9 Å². The third kappa shape index (κ3) is 3.60. The maximum Gasteiger partial charge on any atom is 0.257 e. The molecule has 0 aliphatic heterocycles. The maximum absolute atomic E-state index is 12.2. The number of nitrogens with zero attached hydrogens (tertiary/aromatic N) is 1. The number of phenolic OH excluding ortho intramolecular Hbond substituents is 1. The smallest absolute Gasteiger partial charge is 0.257 e. The van der Waals surface area contributed by atoms with Gasteiger partial charge in [-0.05, 0) is 42.2 Å². The van der Waals surface area contributed by atoms with Crippen LogP contribution in [0.2, 0.25) is 0 Å². The van der Waals surface area contributed by atoms with Crippen molar-refractivity contribution in [3.05, 3.63) is 53.3 Å². The highest BCUT2D eigenvalue weighted by Crippen LogP contribution is 2.30. The average molecular weight is 284 g/mol. The first-order chi connectivity index (χ1) is 9.77. The molecule has 0 fully saturated rings. The number of amides is 1. The Balaban J connectivity index is 2.26. The van der Waals surface area contributed by atoms with E-state index in [0.717, 1.165) is 11.3 Å². The average Bonchev–Trinajstić information content (AvgIpc) is 2.40. The first-order valence-corrected chi connectivity index (χ1v) is 6.85. The lowest BCUT2D eigenvalue weighted by molar-refractivity contribution is 0.102. The Bertz CT molecular complexity index is 655. The summed E-state index contributed by atoms with van der Waals surface area (Å²) in [7, 11) is 0. The maximum atomic E-state index is 12.2. The second-order valence-corrected chi connectivity index (χ2v) is 6.12. The van der Waals surface area contributed by atoms with Crippen LogP contribution in [0.25, 0.3) is 0 Å². The molecule has 21 heavy (non-hydrogen) atoms. The lowest BCUT2D eigenvalue weighted by atomic mass is 9.87. The van der Waals surface area contributed by atoms with Crippen LogP contribution in [0.1, 0.15) is 42.4 Å². The molecule has 2 aromatic rings. The number of pyridine rings is 1. The monoisotopic (exact) mass is 284 g/mol. The molecular formula is C17H20N2O2. The van der Waals surface area contributed by atoms with Crippen LogP contribution in [0.5, 0.6) is 5.75 Å². The molecule has 0 spiro atoms. The van der Waals surface area contributed by atoms with E-state index in [4.69, 9.17) is 0 Å². The first-order valence-electron chi connectivity index (χ1n) is 6.85. The van der Waals surface area contributed by atoms with Crippen LogP contribution in [-0.2, 0) is 5.41 Å². The Kier molecular flexibility index (Phi) is 3.98. The summed E-state index contributed by atoms with van der Waals surface area (Å²) < 4.78 is 0. The van der Waals surface area contributed by atoms with Crippen LogP contribution in [-0.4, -0.2) is 16.0 Å². The highest BCUT2D eigenvalue weighted by Gasteiger charge is 2.16. The largest absolute Gasteiger partial charge is 0.506 e. The Morgan fingerprint density at radius 1 is 1.19 bits per heavy atom. The van der Waals surface area contributed by atoms with Crippen LogP contribution in [0.3, 0.4) is 0 Å². The molecule has 0 saturated heterocycles. The topological polar surface area (TPSA) is 62.2 Å². The summed E-state index contributed by atoms with van der Waals surface area (Å²) >= 11 is 0. The second kappa shape index (κ2) is 5.56. The molecule has 4 heteroatoms. The summed E-state index contributed by atoms with van der Waals surface area (Å²) in [5, 5.41) is 12.6. The van der Waals surface area contributed by atoms with Crippen molar-refractivity contribution in [3.8, 4) is 5.75 Å². The van der Waals surface area contributed by atoms with Gasteiger partial charge in [-0.2, -0.15) is 0 Å². The number of aryl methyl sites for hydroxylation is 1. The van der Waals surface area contributed by atoms with Crippen molar-refractivity contribution in [2.24, 2.45) is 0 Å². The van der Waals surface area contributed by atoms with E-state index in [-0.39, 0.29) is 17.1 Å². The lowest BCUT2D eigenvalue weighted by Gasteiger charge is -2.20. The summed E-state index contributed by atoms with van der Waals surface area (Å²) in [6.45, 7) is 8.10. The van der Waals surface area contributed by atoms with Gasteiger partial charge in [0.2, 0.25) is 0 Å². The van der Waals surface area contributed by atoms with Crippen LogP contribution in [0.4, 0.5) is 5.69 Å². The molecule has 1 amide bonds. The molecule has 0 radical (unpaired) electrons. The summed E-state index contributed by atoms with van der Waals surface area (Å²) in [6.07, 6.45) is 1.52. The molecule has 1 heterocycles. The van der Waals surface area contributed by atoms with E-state index in [9.17, 15) is 9.90 Å². The SMILES string of the molecule is Cc1ccc(C(=O)Nc2cc(C(C)(C)C)ccc2O)cn1. The zero-order valence-corrected chi connectivity index (χ0v) is 12.8. The summed E-state index contributed by atoms with van der Waals surface area (Å²) in [5.41, 5.74) is 2.70. The van der Waals surface area contributed by atoms with Crippen molar-refractivity contribution in [2.45, 2.75) is 33.1 Å². The van der Waals surface area contributed by atoms with Crippen LogP contribution in [0.15, 0.2) is 36.5 Å².